The van der Waals surface area contributed by atoms with Crippen LogP contribution in [0.2, 0.25) is 0 Å². The number of aromatic nitrogens is 2. The molecule has 5 heteroatoms. The fourth-order valence-electron chi connectivity index (χ4n) is 2.20. The van der Waals surface area contributed by atoms with Gasteiger partial charge in [0.05, 0.1) is 17.8 Å². The van der Waals surface area contributed by atoms with Crippen molar-refractivity contribution in [2.24, 2.45) is 12.8 Å². The van der Waals surface area contributed by atoms with Crippen LogP contribution in [0, 0.1) is 0 Å². The summed E-state index contributed by atoms with van der Waals surface area (Å²) in [5.74, 6) is -0.0476. The van der Waals surface area contributed by atoms with Crippen molar-refractivity contribution in [1.29, 1.82) is 0 Å². The van der Waals surface area contributed by atoms with Gasteiger partial charge in [-0.1, -0.05) is 31.2 Å². The van der Waals surface area contributed by atoms with Crippen molar-refractivity contribution in [1.82, 2.24) is 9.78 Å². The molecule has 0 unspecified atom stereocenters. The van der Waals surface area contributed by atoms with Gasteiger partial charge in [0.1, 0.15) is 0 Å². The molecule has 2 rings (SSSR count). The molecule has 1 aromatic carbocycles. The molecule has 1 amide bonds. The van der Waals surface area contributed by atoms with E-state index in [0.29, 0.717) is 13.0 Å². The van der Waals surface area contributed by atoms with Crippen LogP contribution in [0.5, 0.6) is 0 Å². The molecule has 0 radical (unpaired) electrons. The van der Waals surface area contributed by atoms with Gasteiger partial charge in [-0.3, -0.25) is 9.48 Å². The summed E-state index contributed by atoms with van der Waals surface area (Å²) >= 11 is 0. The molecule has 0 saturated carbocycles. The summed E-state index contributed by atoms with van der Waals surface area (Å²) in [4.78, 5) is 12.1. The van der Waals surface area contributed by atoms with Gasteiger partial charge < -0.3 is 11.1 Å². The lowest BCUT2D eigenvalue weighted by atomic mass is 10.0. The molecule has 20 heavy (non-hydrogen) atoms. The average Bonchev–Trinajstić information content (AvgIpc) is 2.79. The van der Waals surface area contributed by atoms with Crippen LogP contribution in [0.25, 0.3) is 0 Å². The zero-order chi connectivity index (χ0) is 14.5. The molecular formula is C15H20N4O. The van der Waals surface area contributed by atoms with Crippen LogP contribution >= 0.6 is 0 Å². The third-order valence-electron chi connectivity index (χ3n) is 3.20. The number of aryl methyl sites for hydroxylation is 2. The van der Waals surface area contributed by atoms with Crippen molar-refractivity contribution in [2.75, 3.05) is 5.32 Å². The highest BCUT2D eigenvalue weighted by molar-refractivity contribution is 5.92. The maximum absolute atomic E-state index is 12.1. The Morgan fingerprint density at radius 2 is 2.05 bits per heavy atom. The van der Waals surface area contributed by atoms with E-state index in [4.69, 9.17) is 5.73 Å². The highest BCUT2D eigenvalue weighted by atomic mass is 16.1. The summed E-state index contributed by atoms with van der Waals surface area (Å²) in [6, 6.07) is 7.74. The molecule has 0 atom stereocenters. The first-order valence-electron chi connectivity index (χ1n) is 6.73. The monoisotopic (exact) mass is 272 g/mol. The predicted octanol–water partition coefficient (Wildman–Crippen LogP) is 1.62. The van der Waals surface area contributed by atoms with Crippen molar-refractivity contribution in [3.63, 3.8) is 0 Å². The highest BCUT2D eigenvalue weighted by Crippen LogP contribution is 2.15. The second-order valence-corrected chi connectivity index (χ2v) is 4.71. The Labute approximate surface area is 118 Å². The molecule has 1 heterocycles. The molecule has 0 saturated heterocycles. The largest absolute Gasteiger partial charge is 0.326 e. The summed E-state index contributed by atoms with van der Waals surface area (Å²) in [5.41, 5.74) is 9.33. The number of nitrogens with zero attached hydrogens (tertiary/aromatic N) is 2. The molecule has 5 nitrogen and oxygen atoms in total. The quantitative estimate of drug-likeness (QED) is 0.868. The van der Waals surface area contributed by atoms with Gasteiger partial charge in [-0.2, -0.15) is 5.10 Å². The van der Waals surface area contributed by atoms with E-state index in [0.717, 1.165) is 28.9 Å². The number of carbonyl (C=O) groups is 1. The van der Waals surface area contributed by atoms with Gasteiger partial charge in [-0.05, 0) is 17.5 Å². The topological polar surface area (TPSA) is 72.9 Å². The predicted molar refractivity (Wildman–Crippen MR) is 79.3 cm³/mol. The number of anilines is 1. The molecule has 0 aliphatic carbocycles. The van der Waals surface area contributed by atoms with E-state index in [1.807, 2.05) is 44.4 Å². The van der Waals surface area contributed by atoms with E-state index in [2.05, 4.69) is 10.4 Å². The fourth-order valence-corrected chi connectivity index (χ4v) is 2.20. The van der Waals surface area contributed by atoms with Crippen LogP contribution in [-0.2, 0) is 31.2 Å². The molecule has 0 spiro atoms. The SMILES string of the molecule is CCc1nn(C)cc1NC(=O)Cc1ccccc1CN. The smallest absolute Gasteiger partial charge is 0.228 e. The van der Waals surface area contributed by atoms with E-state index >= 15 is 0 Å². The number of rotatable bonds is 5. The Balaban J connectivity index is 2.09. The minimum Gasteiger partial charge on any atom is -0.326 e. The third kappa shape index (κ3) is 3.24. The van der Waals surface area contributed by atoms with Crippen LogP contribution in [0.15, 0.2) is 30.5 Å². The van der Waals surface area contributed by atoms with Crippen LogP contribution in [0.3, 0.4) is 0 Å². The molecule has 0 aliphatic rings. The minimum atomic E-state index is -0.0476. The third-order valence-corrected chi connectivity index (χ3v) is 3.20. The number of carbonyl (C=O) groups excluding carboxylic acids is 1. The van der Waals surface area contributed by atoms with Crippen LogP contribution in [0.1, 0.15) is 23.7 Å². The maximum atomic E-state index is 12.1. The van der Waals surface area contributed by atoms with Crippen molar-refractivity contribution in [3.8, 4) is 0 Å². The summed E-state index contributed by atoms with van der Waals surface area (Å²) in [6.07, 6.45) is 2.94. The second-order valence-electron chi connectivity index (χ2n) is 4.71. The Hall–Kier alpha value is -2.14. The van der Waals surface area contributed by atoms with Crippen LogP contribution in [0.4, 0.5) is 5.69 Å². The van der Waals surface area contributed by atoms with Gasteiger partial charge in [0.15, 0.2) is 0 Å². The summed E-state index contributed by atoms with van der Waals surface area (Å²) < 4.78 is 1.71. The minimum absolute atomic E-state index is 0.0476. The number of hydrogen-bond acceptors (Lipinski definition) is 3. The Kier molecular flexibility index (Phi) is 4.53. The molecule has 2 aromatic rings. The van der Waals surface area contributed by atoms with Crippen molar-refractivity contribution < 1.29 is 4.79 Å². The van der Waals surface area contributed by atoms with Gasteiger partial charge in [-0.25, -0.2) is 0 Å². The van der Waals surface area contributed by atoms with Crippen LogP contribution in [-0.4, -0.2) is 15.7 Å². The summed E-state index contributed by atoms with van der Waals surface area (Å²) in [5, 5.41) is 7.22. The van der Waals surface area contributed by atoms with Gasteiger partial charge in [0.25, 0.3) is 0 Å². The van der Waals surface area contributed by atoms with E-state index in [1.165, 1.54) is 0 Å². The molecule has 3 N–H and O–H groups in total. The zero-order valence-electron chi connectivity index (χ0n) is 11.9. The molecule has 106 valence electrons. The van der Waals surface area contributed by atoms with E-state index < -0.39 is 0 Å². The van der Waals surface area contributed by atoms with Crippen LogP contribution < -0.4 is 11.1 Å². The molecular weight excluding hydrogens is 252 g/mol. The zero-order valence-corrected chi connectivity index (χ0v) is 11.9. The molecule has 0 aliphatic heterocycles. The Bertz CT molecular complexity index is 604. The van der Waals surface area contributed by atoms with Gasteiger partial charge in [0, 0.05) is 19.8 Å². The number of nitrogens with two attached hydrogens (primary N) is 1. The van der Waals surface area contributed by atoms with E-state index in [1.54, 1.807) is 4.68 Å². The number of nitrogens with one attached hydrogen (secondary N) is 1. The summed E-state index contributed by atoms with van der Waals surface area (Å²) in [7, 11) is 1.85. The molecule has 1 aromatic heterocycles. The molecule has 0 bridgehead atoms. The van der Waals surface area contributed by atoms with Gasteiger partial charge in [-0.15, -0.1) is 0 Å². The number of hydrogen-bond donors (Lipinski definition) is 2. The van der Waals surface area contributed by atoms with Crippen molar-refractivity contribution >= 4 is 11.6 Å². The highest BCUT2D eigenvalue weighted by Gasteiger charge is 2.11. The van der Waals surface area contributed by atoms with E-state index in [-0.39, 0.29) is 5.91 Å². The number of amides is 1. The van der Waals surface area contributed by atoms with E-state index in [9.17, 15) is 4.79 Å². The first kappa shape index (κ1) is 14.3. The first-order valence-corrected chi connectivity index (χ1v) is 6.73. The second kappa shape index (κ2) is 6.34. The lowest BCUT2D eigenvalue weighted by Gasteiger charge is -2.08. The Morgan fingerprint density at radius 1 is 1.35 bits per heavy atom. The number of benzene rings is 1. The van der Waals surface area contributed by atoms with Crippen molar-refractivity contribution in [2.45, 2.75) is 26.3 Å². The van der Waals surface area contributed by atoms with Crippen molar-refractivity contribution in [3.05, 3.63) is 47.3 Å². The first-order chi connectivity index (χ1) is 9.63. The summed E-state index contributed by atoms with van der Waals surface area (Å²) in [6.45, 7) is 2.46. The maximum Gasteiger partial charge on any atom is 0.228 e. The lowest BCUT2D eigenvalue weighted by Crippen LogP contribution is -2.16. The normalized spacial score (nSPS) is 10.6. The van der Waals surface area contributed by atoms with Gasteiger partial charge >= 0.3 is 0 Å². The average molecular weight is 272 g/mol. The van der Waals surface area contributed by atoms with Gasteiger partial charge in [0.2, 0.25) is 5.91 Å². The fraction of sp³-hybridized carbons (Fsp3) is 0.333. The standard InChI is InChI=1S/C15H20N4O/c1-3-13-14(10-19(2)18-13)17-15(20)8-11-6-4-5-7-12(11)9-16/h4-7,10H,3,8-9,16H2,1-2H3,(H,17,20). The lowest BCUT2D eigenvalue weighted by molar-refractivity contribution is -0.115. The Morgan fingerprint density at radius 3 is 2.70 bits per heavy atom. The molecule has 0 fully saturated rings.